The summed E-state index contributed by atoms with van der Waals surface area (Å²) in [5, 5.41) is 21.6. The fourth-order valence-corrected chi connectivity index (χ4v) is 4.56. The molecule has 4 aromatic rings. The fraction of sp³-hybridized carbons (Fsp3) is 0.393. The number of rotatable bonds is 10. The Labute approximate surface area is 217 Å². The Kier molecular flexibility index (Phi) is 8.01. The van der Waals surface area contributed by atoms with Gasteiger partial charge in [-0.2, -0.15) is 0 Å². The van der Waals surface area contributed by atoms with Gasteiger partial charge in [-0.15, -0.1) is 5.10 Å². The maximum Gasteiger partial charge on any atom is 0.229 e. The molecule has 37 heavy (non-hydrogen) atoms. The molecule has 2 aromatic carbocycles. The molecule has 0 aliphatic carbocycles. The van der Waals surface area contributed by atoms with Gasteiger partial charge in [0.25, 0.3) is 0 Å². The molecule has 0 unspecified atom stereocenters. The average molecular weight is 502 g/mol. The number of nitrogens with zero attached hydrogens (tertiary/aromatic N) is 5. The summed E-state index contributed by atoms with van der Waals surface area (Å²) in [6.07, 6.45) is 0.194. The third-order valence-corrected chi connectivity index (χ3v) is 6.14. The van der Waals surface area contributed by atoms with Crippen LogP contribution < -0.4 is 10.2 Å². The highest BCUT2D eigenvalue weighted by Crippen LogP contribution is 2.36. The SMILES string of the molecule is Cc1noc(C)c1CC(=O)Nc1cc(-c2ccccc2-c2nnn[nH]2)ccc1N(CC(C)C)CC(C)C. The lowest BCUT2D eigenvalue weighted by molar-refractivity contribution is -0.115. The minimum absolute atomic E-state index is 0.116. The number of aromatic nitrogens is 5. The van der Waals surface area contributed by atoms with Gasteiger partial charge < -0.3 is 14.7 Å². The Balaban J connectivity index is 1.76. The van der Waals surface area contributed by atoms with Crippen LogP contribution in [-0.2, 0) is 11.2 Å². The molecule has 0 bridgehead atoms. The second kappa shape index (κ2) is 11.4. The molecule has 2 aromatic heterocycles. The van der Waals surface area contributed by atoms with Crippen molar-refractivity contribution < 1.29 is 9.32 Å². The molecule has 4 rings (SSSR count). The lowest BCUT2D eigenvalue weighted by atomic mass is 9.97. The van der Waals surface area contributed by atoms with Crippen molar-refractivity contribution in [2.75, 3.05) is 23.3 Å². The summed E-state index contributed by atoms with van der Waals surface area (Å²) < 4.78 is 5.26. The molecule has 0 aliphatic heterocycles. The third kappa shape index (κ3) is 6.22. The number of hydrogen-bond donors (Lipinski definition) is 2. The number of aromatic amines is 1. The van der Waals surface area contributed by atoms with Crippen LogP contribution in [0.2, 0.25) is 0 Å². The van der Waals surface area contributed by atoms with Crippen molar-refractivity contribution in [3.63, 3.8) is 0 Å². The van der Waals surface area contributed by atoms with Crippen LogP contribution in [-0.4, -0.2) is 44.8 Å². The van der Waals surface area contributed by atoms with Crippen LogP contribution in [0.3, 0.4) is 0 Å². The molecule has 194 valence electrons. The summed E-state index contributed by atoms with van der Waals surface area (Å²) >= 11 is 0. The molecule has 0 fully saturated rings. The van der Waals surface area contributed by atoms with Gasteiger partial charge in [0.05, 0.1) is 23.5 Å². The molecule has 0 atom stereocenters. The van der Waals surface area contributed by atoms with Crippen molar-refractivity contribution >= 4 is 17.3 Å². The minimum Gasteiger partial charge on any atom is -0.369 e. The van der Waals surface area contributed by atoms with Crippen molar-refractivity contribution in [1.29, 1.82) is 0 Å². The first kappa shape index (κ1) is 26.1. The average Bonchev–Trinajstić information content (AvgIpc) is 3.49. The van der Waals surface area contributed by atoms with Gasteiger partial charge in [0.15, 0.2) is 5.82 Å². The Morgan fingerprint density at radius 2 is 1.73 bits per heavy atom. The first-order chi connectivity index (χ1) is 17.7. The lowest BCUT2D eigenvalue weighted by Gasteiger charge is -2.31. The molecule has 9 nitrogen and oxygen atoms in total. The molecule has 0 saturated carbocycles. The zero-order valence-corrected chi connectivity index (χ0v) is 22.4. The number of nitrogens with one attached hydrogen (secondary N) is 2. The van der Waals surface area contributed by atoms with E-state index in [2.05, 4.69) is 75.8 Å². The number of aryl methyl sites for hydroxylation is 2. The number of anilines is 2. The van der Waals surface area contributed by atoms with E-state index in [0.29, 0.717) is 23.4 Å². The van der Waals surface area contributed by atoms with Gasteiger partial charge in [0.1, 0.15) is 5.76 Å². The largest absolute Gasteiger partial charge is 0.369 e. The van der Waals surface area contributed by atoms with E-state index in [1.807, 2.05) is 44.2 Å². The minimum atomic E-state index is -0.116. The Hall–Kier alpha value is -4.01. The monoisotopic (exact) mass is 501 g/mol. The summed E-state index contributed by atoms with van der Waals surface area (Å²) in [5.41, 5.74) is 6.12. The third-order valence-electron chi connectivity index (χ3n) is 6.14. The van der Waals surface area contributed by atoms with Gasteiger partial charge in [0, 0.05) is 24.2 Å². The molecule has 1 amide bonds. The van der Waals surface area contributed by atoms with Crippen molar-refractivity contribution in [3.05, 3.63) is 59.5 Å². The van der Waals surface area contributed by atoms with Crippen LogP contribution in [0.4, 0.5) is 11.4 Å². The number of amides is 1. The van der Waals surface area contributed by atoms with Crippen LogP contribution in [0.5, 0.6) is 0 Å². The van der Waals surface area contributed by atoms with Gasteiger partial charge in [-0.05, 0) is 59.4 Å². The van der Waals surface area contributed by atoms with E-state index in [1.54, 1.807) is 0 Å². The van der Waals surface area contributed by atoms with Crippen molar-refractivity contribution in [3.8, 4) is 22.5 Å². The quantitative estimate of drug-likeness (QED) is 0.297. The summed E-state index contributed by atoms with van der Waals surface area (Å²) in [4.78, 5) is 15.6. The van der Waals surface area contributed by atoms with Gasteiger partial charge in [-0.3, -0.25) is 4.79 Å². The van der Waals surface area contributed by atoms with E-state index in [1.165, 1.54) is 0 Å². The second-order valence-electron chi connectivity index (χ2n) is 10.2. The number of benzene rings is 2. The first-order valence-electron chi connectivity index (χ1n) is 12.7. The molecule has 0 saturated heterocycles. The Morgan fingerprint density at radius 3 is 2.32 bits per heavy atom. The van der Waals surface area contributed by atoms with E-state index in [9.17, 15) is 4.79 Å². The zero-order chi connectivity index (χ0) is 26.5. The molecule has 2 heterocycles. The summed E-state index contributed by atoms with van der Waals surface area (Å²) in [6.45, 7) is 14.3. The number of tetrazole rings is 1. The lowest BCUT2D eigenvalue weighted by Crippen LogP contribution is -2.32. The first-order valence-corrected chi connectivity index (χ1v) is 12.7. The molecular formula is C28H35N7O2. The maximum absolute atomic E-state index is 13.3. The molecular weight excluding hydrogens is 466 g/mol. The maximum atomic E-state index is 13.3. The smallest absolute Gasteiger partial charge is 0.229 e. The topological polar surface area (TPSA) is 113 Å². The molecule has 2 N–H and O–H groups in total. The number of carbonyl (C=O) groups is 1. The predicted octanol–water partition coefficient (Wildman–Crippen LogP) is 5.44. The highest BCUT2D eigenvalue weighted by atomic mass is 16.5. The number of carbonyl (C=O) groups excluding carboxylic acids is 1. The molecule has 0 radical (unpaired) electrons. The van der Waals surface area contributed by atoms with E-state index >= 15 is 0 Å². The van der Waals surface area contributed by atoms with Crippen LogP contribution >= 0.6 is 0 Å². The van der Waals surface area contributed by atoms with Crippen LogP contribution in [0, 0.1) is 25.7 Å². The van der Waals surface area contributed by atoms with Crippen molar-refractivity contribution in [2.45, 2.75) is 48.0 Å². The van der Waals surface area contributed by atoms with Gasteiger partial charge >= 0.3 is 0 Å². The normalized spacial score (nSPS) is 11.4. The predicted molar refractivity (Wildman–Crippen MR) is 145 cm³/mol. The Morgan fingerprint density at radius 1 is 1.03 bits per heavy atom. The second-order valence-corrected chi connectivity index (χ2v) is 10.2. The highest BCUT2D eigenvalue weighted by Gasteiger charge is 2.20. The molecule has 0 aliphatic rings. The standard InChI is InChI=1S/C28H35N7O2/c1-17(2)15-35(16-18(3)4)26-12-11-21(22-9-7-8-10-23(22)28-30-33-34-31-28)13-25(26)29-27(36)14-24-19(5)32-37-20(24)6/h7-13,17-18H,14-16H2,1-6H3,(H,29,36)(H,30,31,33,34). The van der Waals surface area contributed by atoms with Crippen LogP contribution in [0.15, 0.2) is 47.0 Å². The van der Waals surface area contributed by atoms with E-state index in [-0.39, 0.29) is 12.3 Å². The van der Waals surface area contributed by atoms with Gasteiger partial charge in [0.2, 0.25) is 5.91 Å². The molecule has 0 spiro atoms. The van der Waals surface area contributed by atoms with Crippen molar-refractivity contribution in [2.24, 2.45) is 11.8 Å². The van der Waals surface area contributed by atoms with Gasteiger partial charge in [-0.25, -0.2) is 5.10 Å². The highest BCUT2D eigenvalue weighted by molar-refractivity contribution is 5.97. The summed E-state index contributed by atoms with van der Waals surface area (Å²) in [7, 11) is 0. The Bertz CT molecular complexity index is 1310. The zero-order valence-electron chi connectivity index (χ0n) is 22.4. The van der Waals surface area contributed by atoms with E-state index in [4.69, 9.17) is 4.52 Å². The number of hydrogen-bond acceptors (Lipinski definition) is 7. The fourth-order valence-electron chi connectivity index (χ4n) is 4.56. The van der Waals surface area contributed by atoms with E-state index in [0.717, 1.165) is 52.4 Å². The van der Waals surface area contributed by atoms with Crippen LogP contribution in [0.1, 0.15) is 44.7 Å². The summed E-state index contributed by atoms with van der Waals surface area (Å²) in [5.74, 6) is 2.06. The van der Waals surface area contributed by atoms with Crippen LogP contribution in [0.25, 0.3) is 22.5 Å². The summed E-state index contributed by atoms with van der Waals surface area (Å²) in [6, 6.07) is 14.2. The van der Waals surface area contributed by atoms with E-state index < -0.39 is 0 Å². The number of H-pyrrole nitrogens is 1. The van der Waals surface area contributed by atoms with Crippen molar-refractivity contribution in [1.82, 2.24) is 25.8 Å². The van der Waals surface area contributed by atoms with Gasteiger partial charge in [-0.1, -0.05) is 63.2 Å². The molecule has 9 heteroatoms.